The Balaban J connectivity index is 3.08. The van der Waals surface area contributed by atoms with Crippen molar-refractivity contribution in [1.29, 1.82) is 0 Å². The van der Waals surface area contributed by atoms with E-state index in [9.17, 15) is 0 Å². The van der Waals surface area contributed by atoms with Gasteiger partial charge in [-0.25, -0.2) is 0 Å². The van der Waals surface area contributed by atoms with Crippen LogP contribution in [-0.2, 0) is 0 Å². The summed E-state index contributed by atoms with van der Waals surface area (Å²) in [6.45, 7) is 2.14. The molecule has 0 atom stereocenters. The van der Waals surface area contributed by atoms with Gasteiger partial charge in [-0.15, -0.1) is 0 Å². The highest BCUT2D eigenvalue weighted by atomic mass is 79.9. The first kappa shape index (κ1) is 8.96. The van der Waals surface area contributed by atoms with Gasteiger partial charge < -0.3 is 0 Å². The quantitative estimate of drug-likeness (QED) is 0.470. The van der Waals surface area contributed by atoms with Gasteiger partial charge >= 0.3 is 0 Å². The lowest BCUT2D eigenvalue weighted by Gasteiger charge is -1.79. The van der Waals surface area contributed by atoms with E-state index in [0.29, 0.717) is 0 Å². The van der Waals surface area contributed by atoms with Crippen molar-refractivity contribution >= 4 is 15.9 Å². The fraction of sp³-hybridized carbons (Fsp3) is 0.500. The van der Waals surface area contributed by atoms with Crippen molar-refractivity contribution in [3.63, 3.8) is 0 Å². The summed E-state index contributed by atoms with van der Waals surface area (Å²) in [5.74, 6) is 0. The third-order valence-electron chi connectivity index (χ3n) is 0.930. The Morgan fingerprint density at radius 1 is 1.11 bits per heavy atom. The molecule has 1 heteroatoms. The van der Waals surface area contributed by atoms with Crippen LogP contribution >= 0.6 is 15.9 Å². The van der Waals surface area contributed by atoms with Crippen LogP contribution in [-0.4, -0.2) is 5.33 Å². The van der Waals surface area contributed by atoms with Crippen molar-refractivity contribution in [3.8, 4) is 0 Å². The van der Waals surface area contributed by atoms with Crippen LogP contribution in [0, 0.1) is 0 Å². The zero-order chi connectivity index (χ0) is 6.95. The van der Waals surface area contributed by atoms with Gasteiger partial charge in [0.15, 0.2) is 0 Å². The minimum absolute atomic E-state index is 0.965. The number of halogens is 1. The van der Waals surface area contributed by atoms with Crippen LogP contribution in [0.3, 0.4) is 0 Å². The maximum absolute atomic E-state index is 3.31. The molecule has 0 saturated heterocycles. The molecule has 9 heavy (non-hydrogen) atoms. The summed E-state index contributed by atoms with van der Waals surface area (Å²) in [6.07, 6.45) is 10.8. The van der Waals surface area contributed by atoms with E-state index in [1.807, 2.05) is 0 Å². The summed E-state index contributed by atoms with van der Waals surface area (Å²) >= 11 is 3.31. The zero-order valence-corrected chi connectivity index (χ0v) is 7.39. The highest BCUT2D eigenvalue weighted by Gasteiger charge is 1.68. The molecule has 0 saturated carbocycles. The van der Waals surface area contributed by atoms with Crippen LogP contribution in [0.1, 0.15) is 19.8 Å². The molecule has 0 heterocycles. The van der Waals surface area contributed by atoms with E-state index in [-0.39, 0.29) is 0 Å². The lowest BCUT2D eigenvalue weighted by atomic mass is 10.3. The molecule has 0 aliphatic heterocycles. The van der Waals surface area contributed by atoms with Gasteiger partial charge in [0.2, 0.25) is 0 Å². The van der Waals surface area contributed by atoms with E-state index in [1.54, 1.807) is 0 Å². The van der Waals surface area contributed by atoms with Gasteiger partial charge in [0.05, 0.1) is 0 Å². The lowest BCUT2D eigenvalue weighted by molar-refractivity contribution is 1.20. The Morgan fingerprint density at radius 2 is 1.78 bits per heavy atom. The first-order valence-electron chi connectivity index (χ1n) is 3.27. The van der Waals surface area contributed by atoms with Crippen LogP contribution in [0.25, 0.3) is 0 Å². The fourth-order valence-corrected chi connectivity index (χ4v) is 0.765. The number of rotatable bonds is 4. The summed E-state index contributed by atoms with van der Waals surface area (Å²) in [5, 5.41) is 0.965. The van der Waals surface area contributed by atoms with Gasteiger partial charge in [-0.2, -0.15) is 0 Å². The highest BCUT2D eigenvalue weighted by molar-refractivity contribution is 9.09. The molecular weight excluding hydrogens is 176 g/mol. The molecule has 0 radical (unpaired) electrons. The highest BCUT2D eigenvalue weighted by Crippen LogP contribution is 1.89. The molecule has 0 spiro atoms. The third kappa shape index (κ3) is 7.96. The number of hydrogen-bond donors (Lipinski definition) is 0. The van der Waals surface area contributed by atoms with Crippen LogP contribution in [0.2, 0.25) is 0 Å². The normalized spacial score (nSPS) is 11.8. The van der Waals surface area contributed by atoms with E-state index in [0.717, 1.165) is 18.2 Å². The monoisotopic (exact) mass is 188 g/mol. The minimum atomic E-state index is 0.965. The summed E-state index contributed by atoms with van der Waals surface area (Å²) in [7, 11) is 0. The molecular formula is C8H13Br. The molecule has 0 rings (SSSR count). The maximum Gasteiger partial charge on any atom is 0.0212 e. The van der Waals surface area contributed by atoms with Gasteiger partial charge in [0.1, 0.15) is 0 Å². The molecule has 0 aliphatic carbocycles. The Morgan fingerprint density at radius 3 is 2.33 bits per heavy atom. The first-order chi connectivity index (χ1) is 4.41. The molecule has 52 valence electrons. The van der Waals surface area contributed by atoms with Gasteiger partial charge in [-0.3, -0.25) is 0 Å². The molecule has 0 aromatic heterocycles. The third-order valence-corrected chi connectivity index (χ3v) is 1.30. The Bertz CT molecular complexity index is 80.7. The molecule has 0 aromatic carbocycles. The Hall–Kier alpha value is -0.0400. The van der Waals surface area contributed by atoms with E-state index in [2.05, 4.69) is 47.2 Å². The zero-order valence-electron chi connectivity index (χ0n) is 5.81. The lowest BCUT2D eigenvalue weighted by Crippen LogP contribution is -1.60. The molecule has 0 amide bonds. The SMILES string of the molecule is CC/C=C\C/C=C\CBr. The van der Waals surface area contributed by atoms with Crippen molar-refractivity contribution in [1.82, 2.24) is 0 Å². The predicted molar refractivity (Wildman–Crippen MR) is 47.0 cm³/mol. The molecule has 0 aliphatic rings. The van der Waals surface area contributed by atoms with Crippen LogP contribution in [0.5, 0.6) is 0 Å². The molecule has 0 unspecified atom stereocenters. The van der Waals surface area contributed by atoms with Crippen molar-refractivity contribution in [2.75, 3.05) is 5.33 Å². The van der Waals surface area contributed by atoms with Gasteiger partial charge in [-0.05, 0) is 12.8 Å². The molecule has 0 aromatic rings. The van der Waals surface area contributed by atoms with Gasteiger partial charge in [-0.1, -0.05) is 47.2 Å². The second-order valence-electron chi connectivity index (χ2n) is 1.74. The van der Waals surface area contributed by atoms with E-state index in [4.69, 9.17) is 0 Å². The molecule has 0 fully saturated rings. The van der Waals surface area contributed by atoms with Crippen LogP contribution < -0.4 is 0 Å². The Kier molecular flexibility index (Phi) is 7.92. The molecule has 0 N–H and O–H groups in total. The smallest absolute Gasteiger partial charge is 0.0212 e. The minimum Gasteiger partial charge on any atom is -0.0885 e. The van der Waals surface area contributed by atoms with Crippen molar-refractivity contribution in [2.24, 2.45) is 0 Å². The second kappa shape index (κ2) is 7.96. The number of allylic oxidation sites excluding steroid dienone is 4. The van der Waals surface area contributed by atoms with E-state index >= 15 is 0 Å². The molecule has 0 nitrogen and oxygen atoms in total. The first-order valence-corrected chi connectivity index (χ1v) is 4.40. The maximum atomic E-state index is 3.31. The molecule has 0 bridgehead atoms. The summed E-state index contributed by atoms with van der Waals surface area (Å²) < 4.78 is 0. The van der Waals surface area contributed by atoms with Gasteiger partial charge in [0.25, 0.3) is 0 Å². The van der Waals surface area contributed by atoms with Crippen molar-refractivity contribution in [3.05, 3.63) is 24.3 Å². The predicted octanol–water partition coefficient (Wildman–Crippen LogP) is 3.29. The van der Waals surface area contributed by atoms with Crippen LogP contribution in [0.15, 0.2) is 24.3 Å². The number of alkyl halides is 1. The standard InChI is InChI=1S/C8H13Br/c1-2-3-4-5-6-7-8-9/h3-4,6-7H,2,5,8H2,1H3/b4-3-,7-6-. The largest absolute Gasteiger partial charge is 0.0885 e. The topological polar surface area (TPSA) is 0 Å². The second-order valence-corrected chi connectivity index (χ2v) is 2.39. The van der Waals surface area contributed by atoms with Crippen molar-refractivity contribution in [2.45, 2.75) is 19.8 Å². The van der Waals surface area contributed by atoms with Gasteiger partial charge in [0, 0.05) is 5.33 Å². The number of hydrogen-bond acceptors (Lipinski definition) is 0. The van der Waals surface area contributed by atoms with Crippen molar-refractivity contribution < 1.29 is 0 Å². The fourth-order valence-electron chi connectivity index (χ4n) is 0.501. The summed E-state index contributed by atoms with van der Waals surface area (Å²) in [4.78, 5) is 0. The summed E-state index contributed by atoms with van der Waals surface area (Å²) in [5.41, 5.74) is 0. The average molecular weight is 189 g/mol. The summed E-state index contributed by atoms with van der Waals surface area (Å²) in [6, 6.07) is 0. The Labute approximate surface area is 65.8 Å². The van der Waals surface area contributed by atoms with E-state index in [1.165, 1.54) is 0 Å². The van der Waals surface area contributed by atoms with Crippen LogP contribution in [0.4, 0.5) is 0 Å². The average Bonchev–Trinajstić information content (AvgIpc) is 1.89. The van der Waals surface area contributed by atoms with E-state index < -0.39 is 0 Å².